The summed E-state index contributed by atoms with van der Waals surface area (Å²) < 4.78 is 29.0. The van der Waals surface area contributed by atoms with Gasteiger partial charge in [0.2, 0.25) is 5.92 Å². The molecule has 1 atom stereocenters. The number of nitrogens with zero attached hydrogens (tertiary/aromatic N) is 3. The molecule has 0 saturated heterocycles. The van der Waals surface area contributed by atoms with Gasteiger partial charge in [0.1, 0.15) is 24.0 Å². The molecule has 0 amide bonds. The number of nitrogens with one attached hydrogen (secondary N) is 2. The molecule has 0 aliphatic carbocycles. The van der Waals surface area contributed by atoms with Crippen molar-refractivity contribution in [2.45, 2.75) is 63.3 Å². The molecule has 34 heavy (non-hydrogen) atoms. The first kappa shape index (κ1) is 23.8. The first-order chi connectivity index (χ1) is 16.4. The Morgan fingerprint density at radius 3 is 2.85 bits per heavy atom. The quantitative estimate of drug-likeness (QED) is 0.337. The van der Waals surface area contributed by atoms with Crippen LogP contribution in [-0.2, 0) is 17.6 Å². The van der Waals surface area contributed by atoms with Gasteiger partial charge in [-0.25, -0.2) is 28.5 Å². The van der Waals surface area contributed by atoms with Crippen molar-refractivity contribution in [3.63, 3.8) is 0 Å². The van der Waals surface area contributed by atoms with Gasteiger partial charge in [0, 0.05) is 30.5 Å². The lowest BCUT2D eigenvalue weighted by Gasteiger charge is -2.21. The Balaban J connectivity index is 1.26. The summed E-state index contributed by atoms with van der Waals surface area (Å²) in [6.07, 6.45) is 4.03. The molecule has 0 spiro atoms. The maximum Gasteiger partial charge on any atom is 0.326 e. The van der Waals surface area contributed by atoms with Crippen LogP contribution in [0.2, 0.25) is 0 Å². The van der Waals surface area contributed by atoms with E-state index in [1.54, 1.807) is 18.2 Å². The molecule has 1 aromatic carbocycles. The normalized spacial score (nSPS) is 14.3. The fourth-order valence-corrected chi connectivity index (χ4v) is 4.22. The second kappa shape index (κ2) is 10.7. The van der Waals surface area contributed by atoms with Crippen LogP contribution in [0.1, 0.15) is 49.8 Å². The number of halogens is 2. The standard InChI is InChI=1S/C25H29F2N5O2/c26-25(27,13-4-3-7-18-11-10-17-6-5-15-28-22(17)31-18)14-12-21(24(33)34)32-23-19-8-1-2-9-20(19)29-16-30-23/h1-2,8-11,16,21H,3-7,12-15H2,(H,28,31)(H,33,34)(H,29,30,32). The summed E-state index contributed by atoms with van der Waals surface area (Å²) >= 11 is 0. The van der Waals surface area contributed by atoms with E-state index in [2.05, 4.69) is 31.7 Å². The molecule has 0 fully saturated rings. The van der Waals surface area contributed by atoms with Crippen LogP contribution in [0.5, 0.6) is 0 Å². The number of carboxylic acids is 1. The Morgan fingerprint density at radius 1 is 1.15 bits per heavy atom. The minimum atomic E-state index is -2.94. The van der Waals surface area contributed by atoms with Gasteiger partial charge in [0.25, 0.3) is 0 Å². The summed E-state index contributed by atoms with van der Waals surface area (Å²) in [4.78, 5) is 24.6. The zero-order valence-electron chi connectivity index (χ0n) is 18.9. The summed E-state index contributed by atoms with van der Waals surface area (Å²) in [5.41, 5.74) is 2.76. The predicted octanol–water partition coefficient (Wildman–Crippen LogP) is 5.08. The third-order valence-electron chi connectivity index (χ3n) is 6.13. The van der Waals surface area contributed by atoms with Crippen molar-refractivity contribution in [2.24, 2.45) is 0 Å². The fraction of sp³-hybridized carbons (Fsp3) is 0.440. The molecule has 0 radical (unpaired) electrons. The van der Waals surface area contributed by atoms with Gasteiger partial charge >= 0.3 is 5.97 Å². The number of anilines is 2. The molecule has 1 unspecified atom stereocenters. The number of pyridine rings is 1. The first-order valence-corrected chi connectivity index (χ1v) is 11.7. The van der Waals surface area contributed by atoms with Crippen molar-refractivity contribution in [1.82, 2.24) is 15.0 Å². The van der Waals surface area contributed by atoms with Crippen LogP contribution in [0.3, 0.4) is 0 Å². The average molecular weight is 470 g/mol. The molecule has 3 N–H and O–H groups in total. The molecule has 2 aromatic heterocycles. The highest BCUT2D eigenvalue weighted by Crippen LogP contribution is 2.29. The molecule has 3 aromatic rings. The molecular weight excluding hydrogens is 440 g/mol. The Morgan fingerprint density at radius 2 is 2.00 bits per heavy atom. The van der Waals surface area contributed by atoms with E-state index in [1.165, 1.54) is 11.9 Å². The topological polar surface area (TPSA) is 100 Å². The van der Waals surface area contributed by atoms with Gasteiger partial charge in [-0.2, -0.15) is 0 Å². The van der Waals surface area contributed by atoms with E-state index in [0.29, 0.717) is 36.0 Å². The van der Waals surface area contributed by atoms with Crippen LogP contribution in [0.15, 0.2) is 42.7 Å². The molecule has 1 aliphatic heterocycles. The van der Waals surface area contributed by atoms with Crippen molar-refractivity contribution < 1.29 is 18.7 Å². The molecule has 0 bridgehead atoms. The minimum absolute atomic E-state index is 0.210. The van der Waals surface area contributed by atoms with Gasteiger partial charge in [0.05, 0.1) is 5.52 Å². The van der Waals surface area contributed by atoms with E-state index in [0.717, 1.165) is 30.9 Å². The Hall–Kier alpha value is -3.36. The lowest BCUT2D eigenvalue weighted by atomic mass is 10.0. The summed E-state index contributed by atoms with van der Waals surface area (Å²) in [5, 5.41) is 16.3. The van der Waals surface area contributed by atoms with Gasteiger partial charge in [0.15, 0.2) is 0 Å². The molecule has 3 heterocycles. The summed E-state index contributed by atoms with van der Waals surface area (Å²) in [7, 11) is 0. The van der Waals surface area contributed by atoms with E-state index in [-0.39, 0.29) is 12.8 Å². The number of aromatic nitrogens is 3. The number of alkyl halides is 2. The van der Waals surface area contributed by atoms with Crippen molar-refractivity contribution in [2.75, 3.05) is 17.2 Å². The number of carboxylic acid groups (broad SMARTS) is 1. The monoisotopic (exact) mass is 469 g/mol. The number of aliphatic carboxylic acids is 1. The van der Waals surface area contributed by atoms with E-state index >= 15 is 0 Å². The minimum Gasteiger partial charge on any atom is -0.480 e. The Kier molecular flexibility index (Phi) is 7.49. The highest BCUT2D eigenvalue weighted by molar-refractivity contribution is 5.90. The number of hydrogen-bond donors (Lipinski definition) is 3. The largest absolute Gasteiger partial charge is 0.480 e. The molecule has 180 valence electrons. The number of benzene rings is 1. The predicted molar refractivity (Wildman–Crippen MR) is 127 cm³/mol. The van der Waals surface area contributed by atoms with Crippen LogP contribution in [0.4, 0.5) is 20.4 Å². The molecule has 1 aliphatic rings. The second-order valence-corrected chi connectivity index (χ2v) is 8.72. The van der Waals surface area contributed by atoms with Crippen LogP contribution in [-0.4, -0.2) is 44.5 Å². The maximum atomic E-state index is 14.5. The zero-order valence-corrected chi connectivity index (χ0v) is 18.9. The summed E-state index contributed by atoms with van der Waals surface area (Å²) in [6.45, 7) is 0.912. The van der Waals surface area contributed by atoms with Gasteiger partial charge < -0.3 is 15.7 Å². The number of fused-ring (bicyclic) bond motifs is 2. The zero-order chi connectivity index (χ0) is 24.0. The lowest BCUT2D eigenvalue weighted by Crippen LogP contribution is -2.32. The SMILES string of the molecule is O=C(O)C(CCC(F)(F)CCCCc1ccc2c(n1)NCCC2)Nc1ncnc2ccccc12. The van der Waals surface area contributed by atoms with E-state index < -0.39 is 24.4 Å². The average Bonchev–Trinajstić information content (AvgIpc) is 2.84. The van der Waals surface area contributed by atoms with Crippen molar-refractivity contribution in [3.8, 4) is 0 Å². The summed E-state index contributed by atoms with van der Waals surface area (Å²) in [6, 6.07) is 10.0. The number of hydrogen-bond acceptors (Lipinski definition) is 6. The van der Waals surface area contributed by atoms with Crippen LogP contribution in [0, 0.1) is 0 Å². The Labute approximate surface area is 197 Å². The third kappa shape index (κ3) is 6.15. The van der Waals surface area contributed by atoms with Gasteiger partial charge in [-0.3, -0.25) is 0 Å². The fourth-order valence-electron chi connectivity index (χ4n) is 4.22. The Bertz CT molecular complexity index is 1140. The lowest BCUT2D eigenvalue weighted by molar-refractivity contribution is -0.138. The molecule has 7 nitrogen and oxygen atoms in total. The van der Waals surface area contributed by atoms with Crippen molar-refractivity contribution >= 4 is 28.5 Å². The summed E-state index contributed by atoms with van der Waals surface area (Å²) in [5.74, 6) is -2.88. The third-order valence-corrected chi connectivity index (χ3v) is 6.13. The van der Waals surface area contributed by atoms with Crippen LogP contribution < -0.4 is 10.6 Å². The van der Waals surface area contributed by atoms with Gasteiger partial charge in [-0.1, -0.05) is 18.2 Å². The van der Waals surface area contributed by atoms with Crippen LogP contribution in [0.25, 0.3) is 10.9 Å². The van der Waals surface area contributed by atoms with E-state index in [4.69, 9.17) is 0 Å². The number of carbonyl (C=O) groups is 1. The highest BCUT2D eigenvalue weighted by atomic mass is 19.3. The maximum absolute atomic E-state index is 14.5. The molecule has 9 heteroatoms. The van der Waals surface area contributed by atoms with Gasteiger partial charge in [-0.05, 0) is 62.3 Å². The van der Waals surface area contributed by atoms with Crippen molar-refractivity contribution in [1.29, 1.82) is 0 Å². The van der Waals surface area contributed by atoms with E-state index in [9.17, 15) is 18.7 Å². The second-order valence-electron chi connectivity index (χ2n) is 8.72. The van der Waals surface area contributed by atoms with Crippen molar-refractivity contribution in [3.05, 3.63) is 54.0 Å². The molecular formula is C25H29F2N5O2. The molecule has 4 rings (SSSR count). The number of aryl methyl sites for hydroxylation is 2. The first-order valence-electron chi connectivity index (χ1n) is 11.7. The number of unbranched alkanes of at least 4 members (excludes halogenated alkanes) is 1. The number of para-hydroxylation sites is 1. The smallest absolute Gasteiger partial charge is 0.326 e. The molecule has 0 saturated carbocycles. The van der Waals surface area contributed by atoms with Gasteiger partial charge in [-0.15, -0.1) is 0 Å². The van der Waals surface area contributed by atoms with E-state index in [1.807, 2.05) is 12.1 Å². The van der Waals surface area contributed by atoms with Crippen LogP contribution >= 0.6 is 0 Å². The number of rotatable bonds is 11. The highest BCUT2D eigenvalue weighted by Gasteiger charge is 2.31.